The number of likely N-dealkylation sites (tertiary alicyclic amines) is 1. The minimum Gasteiger partial charge on any atom is -0.341 e. The second-order valence-corrected chi connectivity index (χ2v) is 4.49. The Kier molecular flexibility index (Phi) is 6.16. The molecule has 1 fully saturated rings. The topological polar surface area (TPSA) is 32.3 Å². The molecule has 0 aromatic rings. The third-order valence-electron chi connectivity index (χ3n) is 3.07. The van der Waals surface area contributed by atoms with E-state index in [9.17, 15) is 4.79 Å². The Balaban J connectivity index is 2.20. The largest absolute Gasteiger partial charge is 0.341 e. The number of hydrogen-bond donors (Lipinski definition) is 1. The highest BCUT2D eigenvalue weighted by molar-refractivity contribution is 5.81. The number of nitrogens with zero attached hydrogens (tertiary/aromatic N) is 1. The summed E-state index contributed by atoms with van der Waals surface area (Å²) in [6.07, 6.45) is 7.58. The maximum Gasteiger partial charge on any atom is 0.239 e. The van der Waals surface area contributed by atoms with E-state index in [1.54, 1.807) is 0 Å². The maximum atomic E-state index is 12.0. The van der Waals surface area contributed by atoms with E-state index in [-0.39, 0.29) is 11.9 Å². The molecule has 3 heteroatoms. The molecule has 0 radical (unpaired) electrons. The van der Waals surface area contributed by atoms with Gasteiger partial charge >= 0.3 is 0 Å². The Morgan fingerprint density at radius 1 is 1.44 bits per heavy atom. The van der Waals surface area contributed by atoms with Gasteiger partial charge in [0.05, 0.1) is 6.04 Å². The number of rotatable bonds is 6. The van der Waals surface area contributed by atoms with E-state index in [2.05, 4.69) is 11.9 Å². The standard InChI is InChI=1S/C13H24N2O/c1-3-4-6-9-14-12(2)13(16)15-10-7-5-8-11-15/h3,12,14H,1,4-11H2,2H3. The summed E-state index contributed by atoms with van der Waals surface area (Å²) >= 11 is 0. The molecule has 1 amide bonds. The summed E-state index contributed by atoms with van der Waals surface area (Å²) in [5.41, 5.74) is 0. The predicted molar refractivity (Wildman–Crippen MR) is 67.3 cm³/mol. The summed E-state index contributed by atoms with van der Waals surface area (Å²) in [7, 11) is 0. The van der Waals surface area contributed by atoms with Crippen LogP contribution < -0.4 is 5.32 Å². The highest BCUT2D eigenvalue weighted by Gasteiger charge is 2.21. The molecule has 1 unspecified atom stereocenters. The summed E-state index contributed by atoms with van der Waals surface area (Å²) in [5, 5.41) is 3.28. The van der Waals surface area contributed by atoms with Gasteiger partial charge in [-0.3, -0.25) is 4.79 Å². The second kappa shape index (κ2) is 7.44. The summed E-state index contributed by atoms with van der Waals surface area (Å²) in [5.74, 6) is 0.262. The fourth-order valence-electron chi connectivity index (χ4n) is 2.04. The molecular formula is C13H24N2O. The van der Waals surface area contributed by atoms with Crippen LogP contribution in [0.5, 0.6) is 0 Å². The monoisotopic (exact) mass is 224 g/mol. The molecule has 1 heterocycles. The van der Waals surface area contributed by atoms with Crippen molar-refractivity contribution in [3.63, 3.8) is 0 Å². The number of piperidine rings is 1. The molecule has 92 valence electrons. The van der Waals surface area contributed by atoms with Gasteiger partial charge in [0.25, 0.3) is 0 Å². The van der Waals surface area contributed by atoms with Crippen LogP contribution in [0.1, 0.15) is 39.0 Å². The van der Waals surface area contributed by atoms with Gasteiger partial charge in [-0.2, -0.15) is 0 Å². The first kappa shape index (κ1) is 13.2. The van der Waals surface area contributed by atoms with Crippen molar-refractivity contribution >= 4 is 5.91 Å². The van der Waals surface area contributed by atoms with Crippen LogP contribution in [-0.4, -0.2) is 36.5 Å². The van der Waals surface area contributed by atoms with Crippen molar-refractivity contribution in [1.29, 1.82) is 0 Å². The van der Waals surface area contributed by atoms with Crippen LogP contribution in [0.3, 0.4) is 0 Å². The van der Waals surface area contributed by atoms with E-state index in [4.69, 9.17) is 0 Å². The molecule has 0 saturated carbocycles. The third-order valence-corrected chi connectivity index (χ3v) is 3.07. The second-order valence-electron chi connectivity index (χ2n) is 4.49. The lowest BCUT2D eigenvalue weighted by molar-refractivity contribution is -0.133. The number of unbranched alkanes of at least 4 members (excludes halogenated alkanes) is 1. The zero-order valence-electron chi connectivity index (χ0n) is 10.4. The molecule has 0 aromatic carbocycles. The zero-order chi connectivity index (χ0) is 11.8. The molecule has 0 spiro atoms. The molecule has 1 aliphatic rings. The van der Waals surface area contributed by atoms with Crippen molar-refractivity contribution in [2.24, 2.45) is 0 Å². The quantitative estimate of drug-likeness (QED) is 0.552. The van der Waals surface area contributed by atoms with Gasteiger partial charge in [0.2, 0.25) is 5.91 Å². The van der Waals surface area contributed by atoms with Crippen molar-refractivity contribution in [3.05, 3.63) is 12.7 Å². The van der Waals surface area contributed by atoms with Gasteiger partial charge in [-0.25, -0.2) is 0 Å². The Morgan fingerprint density at radius 3 is 2.75 bits per heavy atom. The summed E-state index contributed by atoms with van der Waals surface area (Å²) < 4.78 is 0. The molecule has 1 rings (SSSR count). The smallest absolute Gasteiger partial charge is 0.239 e. The van der Waals surface area contributed by atoms with Crippen molar-refractivity contribution in [3.8, 4) is 0 Å². The van der Waals surface area contributed by atoms with Gasteiger partial charge in [-0.15, -0.1) is 6.58 Å². The average molecular weight is 224 g/mol. The van der Waals surface area contributed by atoms with Crippen molar-refractivity contribution in [1.82, 2.24) is 10.2 Å². The van der Waals surface area contributed by atoms with E-state index in [0.29, 0.717) is 0 Å². The Labute approximate surface area is 98.9 Å². The number of carbonyl (C=O) groups is 1. The minimum absolute atomic E-state index is 0.0390. The maximum absolute atomic E-state index is 12.0. The Morgan fingerprint density at radius 2 is 2.12 bits per heavy atom. The molecule has 0 aliphatic carbocycles. The molecule has 3 nitrogen and oxygen atoms in total. The van der Waals surface area contributed by atoms with Gasteiger partial charge in [-0.1, -0.05) is 6.08 Å². The number of hydrogen-bond acceptors (Lipinski definition) is 2. The number of amides is 1. The summed E-state index contributed by atoms with van der Waals surface area (Å²) in [6, 6.07) is -0.0390. The number of nitrogens with one attached hydrogen (secondary N) is 1. The first-order valence-corrected chi connectivity index (χ1v) is 6.38. The summed E-state index contributed by atoms with van der Waals surface area (Å²) in [6.45, 7) is 8.43. The lowest BCUT2D eigenvalue weighted by Gasteiger charge is -2.29. The molecule has 1 saturated heterocycles. The fourth-order valence-corrected chi connectivity index (χ4v) is 2.04. The molecule has 1 aliphatic heterocycles. The third kappa shape index (κ3) is 4.35. The van der Waals surface area contributed by atoms with Crippen molar-refractivity contribution in [2.45, 2.75) is 45.1 Å². The lowest BCUT2D eigenvalue weighted by Crippen LogP contribution is -2.46. The van der Waals surface area contributed by atoms with E-state index in [1.165, 1.54) is 6.42 Å². The normalized spacial score (nSPS) is 18.2. The van der Waals surface area contributed by atoms with E-state index >= 15 is 0 Å². The van der Waals surface area contributed by atoms with Crippen LogP contribution >= 0.6 is 0 Å². The van der Waals surface area contributed by atoms with Crippen LogP contribution in [0.2, 0.25) is 0 Å². The highest BCUT2D eigenvalue weighted by Crippen LogP contribution is 2.09. The van der Waals surface area contributed by atoms with Gasteiger partial charge in [0, 0.05) is 13.1 Å². The van der Waals surface area contributed by atoms with E-state index < -0.39 is 0 Å². The van der Waals surface area contributed by atoms with Crippen LogP contribution in [0, 0.1) is 0 Å². The molecule has 0 bridgehead atoms. The zero-order valence-corrected chi connectivity index (χ0v) is 10.4. The fraction of sp³-hybridized carbons (Fsp3) is 0.769. The average Bonchev–Trinajstić information content (AvgIpc) is 2.34. The Bertz CT molecular complexity index is 222. The first-order chi connectivity index (χ1) is 7.75. The van der Waals surface area contributed by atoms with Crippen LogP contribution in [0.15, 0.2) is 12.7 Å². The van der Waals surface area contributed by atoms with Crippen molar-refractivity contribution < 1.29 is 4.79 Å². The van der Waals surface area contributed by atoms with E-state index in [0.717, 1.165) is 45.3 Å². The lowest BCUT2D eigenvalue weighted by atomic mass is 10.1. The SMILES string of the molecule is C=CCCCNC(C)C(=O)N1CCCCC1. The van der Waals surface area contributed by atoms with Crippen LogP contribution in [0.25, 0.3) is 0 Å². The molecule has 16 heavy (non-hydrogen) atoms. The molecular weight excluding hydrogens is 200 g/mol. The van der Waals surface area contributed by atoms with Crippen LogP contribution in [0.4, 0.5) is 0 Å². The van der Waals surface area contributed by atoms with Gasteiger partial charge in [0.1, 0.15) is 0 Å². The first-order valence-electron chi connectivity index (χ1n) is 6.38. The Hall–Kier alpha value is -0.830. The van der Waals surface area contributed by atoms with Crippen LogP contribution in [-0.2, 0) is 4.79 Å². The van der Waals surface area contributed by atoms with E-state index in [1.807, 2.05) is 17.9 Å². The molecule has 1 N–H and O–H groups in total. The van der Waals surface area contributed by atoms with Crippen molar-refractivity contribution in [2.75, 3.05) is 19.6 Å². The molecule has 1 atom stereocenters. The predicted octanol–water partition coefficient (Wildman–Crippen LogP) is 1.94. The van der Waals surface area contributed by atoms with Gasteiger partial charge in [-0.05, 0) is 45.6 Å². The van der Waals surface area contributed by atoms with Gasteiger partial charge < -0.3 is 10.2 Å². The number of allylic oxidation sites excluding steroid dienone is 1. The summed E-state index contributed by atoms with van der Waals surface area (Å²) in [4.78, 5) is 14.0. The van der Waals surface area contributed by atoms with Gasteiger partial charge in [0.15, 0.2) is 0 Å². The highest BCUT2D eigenvalue weighted by atomic mass is 16.2. The number of carbonyl (C=O) groups excluding carboxylic acids is 1. The minimum atomic E-state index is -0.0390. The molecule has 0 aromatic heterocycles.